The van der Waals surface area contributed by atoms with Crippen molar-refractivity contribution >= 4 is 22.8 Å². The van der Waals surface area contributed by atoms with Crippen molar-refractivity contribution in [1.29, 1.82) is 0 Å². The summed E-state index contributed by atoms with van der Waals surface area (Å²) in [7, 11) is 1.30. The predicted molar refractivity (Wildman–Crippen MR) is 85.3 cm³/mol. The Hall–Kier alpha value is -2.37. The second kappa shape index (κ2) is 7.26. The average molecular weight is 320 g/mol. The summed E-state index contributed by atoms with van der Waals surface area (Å²) >= 11 is 0. The number of carbonyl (C=O) groups excluding carboxylic acids is 2. The van der Waals surface area contributed by atoms with Crippen LogP contribution in [0.5, 0.6) is 0 Å². The standard InChI is InChI=1S/C17H21FN2O3/c1-4-11(2)16(17(22)23-3)19-15(21)10-20-8-7-12-5-6-13(18)9-14(12)20/h5-9,11,16H,4,10H2,1-3H3,(H,19,21). The molecule has 0 saturated heterocycles. The zero-order valence-electron chi connectivity index (χ0n) is 13.5. The Morgan fingerprint density at radius 1 is 1.35 bits per heavy atom. The molecule has 0 aliphatic carbocycles. The third-order valence-electron chi connectivity index (χ3n) is 4.03. The molecule has 1 aromatic carbocycles. The topological polar surface area (TPSA) is 60.3 Å². The molecule has 1 N–H and O–H groups in total. The second-order valence-electron chi connectivity index (χ2n) is 5.60. The van der Waals surface area contributed by atoms with Crippen molar-refractivity contribution in [2.45, 2.75) is 32.9 Å². The van der Waals surface area contributed by atoms with E-state index in [1.54, 1.807) is 16.8 Å². The molecule has 0 saturated carbocycles. The number of hydrogen-bond acceptors (Lipinski definition) is 3. The maximum atomic E-state index is 13.4. The fourth-order valence-corrected chi connectivity index (χ4v) is 2.46. The second-order valence-corrected chi connectivity index (χ2v) is 5.60. The summed E-state index contributed by atoms with van der Waals surface area (Å²) in [5, 5.41) is 3.56. The summed E-state index contributed by atoms with van der Waals surface area (Å²) in [6, 6.07) is 5.55. The molecule has 0 radical (unpaired) electrons. The Morgan fingerprint density at radius 3 is 2.74 bits per heavy atom. The summed E-state index contributed by atoms with van der Waals surface area (Å²) in [6.07, 6.45) is 2.46. The van der Waals surface area contributed by atoms with E-state index < -0.39 is 12.0 Å². The van der Waals surface area contributed by atoms with Crippen LogP contribution in [0, 0.1) is 11.7 Å². The molecular formula is C17H21FN2O3. The highest BCUT2D eigenvalue weighted by molar-refractivity contribution is 5.86. The first kappa shape index (κ1) is 17.0. The number of nitrogens with one attached hydrogen (secondary N) is 1. The van der Waals surface area contributed by atoms with Gasteiger partial charge < -0.3 is 14.6 Å². The van der Waals surface area contributed by atoms with Crippen molar-refractivity contribution in [1.82, 2.24) is 9.88 Å². The van der Waals surface area contributed by atoms with E-state index in [4.69, 9.17) is 4.74 Å². The predicted octanol–water partition coefficient (Wildman–Crippen LogP) is 2.48. The molecule has 23 heavy (non-hydrogen) atoms. The number of amides is 1. The lowest BCUT2D eigenvalue weighted by molar-refractivity contribution is -0.146. The van der Waals surface area contributed by atoms with Gasteiger partial charge in [0.15, 0.2) is 0 Å². The van der Waals surface area contributed by atoms with Crippen molar-refractivity contribution in [3.05, 3.63) is 36.3 Å². The van der Waals surface area contributed by atoms with Crippen molar-refractivity contribution in [3.63, 3.8) is 0 Å². The van der Waals surface area contributed by atoms with E-state index in [-0.39, 0.29) is 24.2 Å². The van der Waals surface area contributed by atoms with Crippen LogP contribution in [0.4, 0.5) is 4.39 Å². The van der Waals surface area contributed by atoms with Crippen molar-refractivity contribution in [2.75, 3.05) is 7.11 Å². The van der Waals surface area contributed by atoms with Crippen LogP contribution in [0.25, 0.3) is 10.9 Å². The lowest BCUT2D eigenvalue weighted by atomic mass is 9.99. The molecule has 1 aromatic heterocycles. The smallest absolute Gasteiger partial charge is 0.328 e. The van der Waals surface area contributed by atoms with Crippen molar-refractivity contribution in [3.8, 4) is 0 Å². The Balaban J connectivity index is 2.13. The fourth-order valence-electron chi connectivity index (χ4n) is 2.46. The zero-order chi connectivity index (χ0) is 17.0. The number of aromatic nitrogens is 1. The van der Waals surface area contributed by atoms with E-state index in [1.807, 2.05) is 19.9 Å². The number of esters is 1. The summed E-state index contributed by atoms with van der Waals surface area (Å²) < 4.78 is 19.8. The van der Waals surface area contributed by atoms with Crippen LogP contribution in [0.15, 0.2) is 30.5 Å². The van der Waals surface area contributed by atoms with Gasteiger partial charge in [0.25, 0.3) is 0 Å². The average Bonchev–Trinajstić information content (AvgIpc) is 2.93. The van der Waals surface area contributed by atoms with E-state index in [0.717, 1.165) is 11.8 Å². The van der Waals surface area contributed by atoms with Gasteiger partial charge in [-0.25, -0.2) is 9.18 Å². The van der Waals surface area contributed by atoms with Gasteiger partial charge in [-0.15, -0.1) is 0 Å². The molecule has 2 aromatic rings. The van der Waals surface area contributed by atoms with Gasteiger partial charge in [0.05, 0.1) is 12.6 Å². The van der Waals surface area contributed by atoms with Crippen LogP contribution in [-0.2, 0) is 20.9 Å². The molecule has 2 atom stereocenters. The first-order valence-corrected chi connectivity index (χ1v) is 7.57. The minimum absolute atomic E-state index is 0.0108. The molecule has 1 heterocycles. The van der Waals surface area contributed by atoms with Gasteiger partial charge in [-0.3, -0.25) is 4.79 Å². The van der Waals surface area contributed by atoms with Crippen molar-refractivity contribution < 1.29 is 18.7 Å². The quantitative estimate of drug-likeness (QED) is 0.832. The van der Waals surface area contributed by atoms with Gasteiger partial charge in [-0.1, -0.05) is 20.3 Å². The maximum absolute atomic E-state index is 13.4. The van der Waals surface area contributed by atoms with Crippen molar-refractivity contribution in [2.24, 2.45) is 5.92 Å². The van der Waals surface area contributed by atoms with E-state index >= 15 is 0 Å². The van der Waals surface area contributed by atoms with Gasteiger partial charge in [0.2, 0.25) is 5.91 Å². The molecule has 124 valence electrons. The van der Waals surface area contributed by atoms with Crippen LogP contribution in [0.3, 0.4) is 0 Å². The molecule has 0 fully saturated rings. The number of ether oxygens (including phenoxy) is 1. The number of halogens is 1. The first-order chi connectivity index (χ1) is 11.0. The van der Waals surface area contributed by atoms with Crippen LogP contribution in [-0.4, -0.2) is 29.6 Å². The van der Waals surface area contributed by atoms with Crippen LogP contribution in [0.2, 0.25) is 0 Å². The number of carbonyl (C=O) groups is 2. The van der Waals surface area contributed by atoms with Gasteiger partial charge in [0.1, 0.15) is 18.4 Å². The highest BCUT2D eigenvalue weighted by Crippen LogP contribution is 2.17. The molecule has 1 amide bonds. The molecule has 6 heteroatoms. The Bertz CT molecular complexity index is 711. The van der Waals surface area contributed by atoms with Gasteiger partial charge in [-0.05, 0) is 35.6 Å². The van der Waals surface area contributed by atoms with Crippen LogP contribution >= 0.6 is 0 Å². The van der Waals surface area contributed by atoms with Gasteiger partial charge in [0, 0.05) is 6.20 Å². The number of nitrogens with zero attached hydrogens (tertiary/aromatic N) is 1. The van der Waals surface area contributed by atoms with E-state index in [9.17, 15) is 14.0 Å². The summed E-state index contributed by atoms with van der Waals surface area (Å²) in [4.78, 5) is 24.1. The normalized spacial score (nSPS) is 13.6. The summed E-state index contributed by atoms with van der Waals surface area (Å²) in [5.41, 5.74) is 0.637. The number of rotatable bonds is 6. The fraction of sp³-hybridized carbons (Fsp3) is 0.412. The Labute approximate surface area is 134 Å². The zero-order valence-corrected chi connectivity index (χ0v) is 13.5. The molecule has 0 spiro atoms. The Kier molecular flexibility index (Phi) is 5.36. The highest BCUT2D eigenvalue weighted by atomic mass is 19.1. The van der Waals surface area contributed by atoms with Crippen LogP contribution < -0.4 is 5.32 Å². The van der Waals surface area contributed by atoms with E-state index in [1.165, 1.54) is 19.2 Å². The number of benzene rings is 1. The highest BCUT2D eigenvalue weighted by Gasteiger charge is 2.26. The number of fused-ring (bicyclic) bond motifs is 1. The van der Waals surface area contributed by atoms with E-state index in [2.05, 4.69) is 5.32 Å². The lowest BCUT2D eigenvalue weighted by Gasteiger charge is -2.22. The maximum Gasteiger partial charge on any atom is 0.328 e. The van der Waals surface area contributed by atoms with Gasteiger partial charge in [-0.2, -0.15) is 0 Å². The lowest BCUT2D eigenvalue weighted by Crippen LogP contribution is -2.46. The molecule has 0 aliphatic heterocycles. The minimum atomic E-state index is -0.684. The van der Waals surface area contributed by atoms with Crippen LogP contribution in [0.1, 0.15) is 20.3 Å². The number of methoxy groups -OCH3 is 1. The molecule has 0 aliphatic rings. The molecular weight excluding hydrogens is 299 g/mol. The third kappa shape index (κ3) is 3.88. The van der Waals surface area contributed by atoms with E-state index in [0.29, 0.717) is 5.52 Å². The summed E-state index contributed by atoms with van der Waals surface area (Å²) in [5.74, 6) is -1.17. The monoisotopic (exact) mass is 320 g/mol. The van der Waals surface area contributed by atoms with Gasteiger partial charge >= 0.3 is 5.97 Å². The minimum Gasteiger partial charge on any atom is -0.467 e. The Morgan fingerprint density at radius 2 is 2.09 bits per heavy atom. The molecule has 5 nitrogen and oxygen atoms in total. The largest absolute Gasteiger partial charge is 0.467 e. The SMILES string of the molecule is CCC(C)C(NC(=O)Cn1ccc2ccc(F)cc21)C(=O)OC. The summed E-state index contributed by atoms with van der Waals surface area (Å²) in [6.45, 7) is 3.83. The third-order valence-corrected chi connectivity index (χ3v) is 4.03. The molecule has 2 rings (SSSR count). The number of hydrogen-bond donors (Lipinski definition) is 1. The molecule has 0 bridgehead atoms. The molecule has 2 unspecified atom stereocenters. The first-order valence-electron chi connectivity index (χ1n) is 7.57.